The van der Waals surface area contributed by atoms with Crippen molar-refractivity contribution >= 4 is 22.7 Å². The third-order valence-electron chi connectivity index (χ3n) is 4.08. The molecular formula is C20H18N2O5. The molecule has 7 heteroatoms. The molecule has 0 N–H and O–H groups in total. The van der Waals surface area contributed by atoms with E-state index in [1.165, 1.54) is 20.4 Å². The van der Waals surface area contributed by atoms with Crippen molar-refractivity contribution in [3.05, 3.63) is 70.8 Å². The van der Waals surface area contributed by atoms with Gasteiger partial charge in [0.1, 0.15) is 12.3 Å². The number of esters is 1. The maximum Gasteiger partial charge on any atom is 0.326 e. The van der Waals surface area contributed by atoms with Crippen molar-refractivity contribution in [3.63, 3.8) is 0 Å². The molecule has 1 heterocycles. The average molecular weight is 366 g/mol. The number of hydrogen-bond donors (Lipinski definition) is 0. The summed E-state index contributed by atoms with van der Waals surface area (Å²) in [4.78, 5) is 41.1. The number of carbonyl (C=O) groups is 2. The average Bonchev–Trinajstić information content (AvgIpc) is 2.69. The molecule has 3 rings (SSSR count). The maximum atomic E-state index is 12.4. The van der Waals surface area contributed by atoms with E-state index in [9.17, 15) is 14.4 Å². The summed E-state index contributed by atoms with van der Waals surface area (Å²) in [7, 11) is 1.53. The minimum atomic E-state index is -0.977. The van der Waals surface area contributed by atoms with E-state index in [0.717, 1.165) is 4.57 Å². The molecule has 0 aliphatic rings. The summed E-state index contributed by atoms with van der Waals surface area (Å²) in [6.07, 6.45) is 0.317. The second-order valence-electron chi connectivity index (χ2n) is 5.92. The zero-order chi connectivity index (χ0) is 19.4. The van der Waals surface area contributed by atoms with Crippen molar-refractivity contribution in [2.45, 2.75) is 19.6 Å². The first-order valence-electron chi connectivity index (χ1n) is 8.31. The van der Waals surface area contributed by atoms with Gasteiger partial charge in [-0.3, -0.25) is 19.0 Å². The van der Waals surface area contributed by atoms with E-state index < -0.39 is 12.1 Å². The van der Waals surface area contributed by atoms with Crippen LogP contribution in [0.4, 0.5) is 0 Å². The van der Waals surface area contributed by atoms with Gasteiger partial charge in [0.2, 0.25) is 5.78 Å². The molecule has 0 amide bonds. The number of rotatable bonds is 6. The van der Waals surface area contributed by atoms with E-state index in [4.69, 9.17) is 9.47 Å². The van der Waals surface area contributed by atoms with E-state index in [2.05, 4.69) is 4.98 Å². The first-order valence-corrected chi connectivity index (χ1v) is 8.31. The molecule has 0 unspecified atom stereocenters. The first kappa shape index (κ1) is 18.3. The van der Waals surface area contributed by atoms with Gasteiger partial charge in [0, 0.05) is 5.56 Å². The van der Waals surface area contributed by atoms with Gasteiger partial charge < -0.3 is 9.47 Å². The largest absolute Gasteiger partial charge is 0.497 e. The molecule has 27 heavy (non-hydrogen) atoms. The zero-order valence-electron chi connectivity index (χ0n) is 14.9. The molecule has 0 aliphatic carbocycles. The highest BCUT2D eigenvalue weighted by Gasteiger charge is 2.20. The zero-order valence-corrected chi connectivity index (χ0v) is 14.9. The standard InChI is InChI=1S/C20H18N2O5/c1-13(19(24)14-7-9-15(26-2)10-8-14)27-18(23)11-22-12-21-17-6-4-3-5-16(17)20(22)25/h3-10,12-13H,11H2,1-2H3/t13-/m0/s1. The Hall–Kier alpha value is -3.48. The minimum absolute atomic E-state index is 0.323. The second-order valence-corrected chi connectivity index (χ2v) is 5.92. The molecule has 1 atom stereocenters. The van der Waals surface area contributed by atoms with E-state index in [1.807, 2.05) is 0 Å². The number of carbonyl (C=O) groups excluding carboxylic acids is 2. The molecule has 2 aromatic carbocycles. The summed E-state index contributed by atoms with van der Waals surface area (Å²) in [5, 5.41) is 0.412. The van der Waals surface area contributed by atoms with Crippen molar-refractivity contribution in [2.24, 2.45) is 0 Å². The van der Waals surface area contributed by atoms with Crippen molar-refractivity contribution < 1.29 is 19.1 Å². The highest BCUT2D eigenvalue weighted by molar-refractivity contribution is 6.00. The van der Waals surface area contributed by atoms with Crippen LogP contribution >= 0.6 is 0 Å². The normalized spacial score (nSPS) is 11.8. The van der Waals surface area contributed by atoms with Gasteiger partial charge in [0.15, 0.2) is 6.10 Å². The van der Waals surface area contributed by atoms with E-state index in [0.29, 0.717) is 22.2 Å². The lowest BCUT2D eigenvalue weighted by Gasteiger charge is -2.13. The molecule has 0 aliphatic heterocycles. The summed E-state index contributed by atoms with van der Waals surface area (Å²) in [6.45, 7) is 1.17. The van der Waals surface area contributed by atoms with Crippen LogP contribution in [0.3, 0.4) is 0 Å². The number of methoxy groups -OCH3 is 1. The highest BCUT2D eigenvalue weighted by Crippen LogP contribution is 2.14. The van der Waals surface area contributed by atoms with Gasteiger partial charge in [-0.1, -0.05) is 12.1 Å². The third kappa shape index (κ3) is 4.03. The molecule has 0 saturated heterocycles. The number of ketones is 1. The summed E-state index contributed by atoms with van der Waals surface area (Å²) in [5.74, 6) is -0.405. The van der Waals surface area contributed by atoms with Crippen molar-refractivity contribution in [1.82, 2.24) is 9.55 Å². The van der Waals surface area contributed by atoms with Crippen LogP contribution in [0.2, 0.25) is 0 Å². The second kappa shape index (κ2) is 7.82. The number of para-hydroxylation sites is 1. The quantitative estimate of drug-likeness (QED) is 0.491. The number of ether oxygens (including phenoxy) is 2. The van der Waals surface area contributed by atoms with Crippen LogP contribution in [-0.2, 0) is 16.1 Å². The first-order chi connectivity index (χ1) is 13.0. The maximum absolute atomic E-state index is 12.4. The number of benzene rings is 2. The molecule has 0 spiro atoms. The van der Waals surface area contributed by atoms with Crippen LogP contribution in [0.25, 0.3) is 10.9 Å². The number of hydrogen-bond acceptors (Lipinski definition) is 6. The van der Waals surface area contributed by atoms with Crippen LogP contribution in [0.1, 0.15) is 17.3 Å². The molecule has 0 bridgehead atoms. The van der Waals surface area contributed by atoms with Gasteiger partial charge in [0.25, 0.3) is 5.56 Å². The van der Waals surface area contributed by atoms with Crippen LogP contribution in [0.5, 0.6) is 5.75 Å². The number of aromatic nitrogens is 2. The predicted octanol–water partition coefficient (Wildman–Crippen LogP) is 2.22. The van der Waals surface area contributed by atoms with E-state index in [-0.39, 0.29) is 17.9 Å². The van der Waals surface area contributed by atoms with Crippen LogP contribution in [0, 0.1) is 0 Å². The molecular weight excluding hydrogens is 348 g/mol. The summed E-state index contributed by atoms with van der Waals surface area (Å²) in [6, 6.07) is 13.4. The Morgan fingerprint density at radius 1 is 1.11 bits per heavy atom. The van der Waals surface area contributed by atoms with Crippen molar-refractivity contribution in [3.8, 4) is 5.75 Å². The molecule has 0 radical (unpaired) electrons. The number of Topliss-reactive ketones (excluding diaryl/α,β-unsaturated/α-hetero) is 1. The van der Waals surface area contributed by atoms with Gasteiger partial charge >= 0.3 is 5.97 Å². The third-order valence-corrected chi connectivity index (χ3v) is 4.08. The lowest BCUT2D eigenvalue weighted by molar-refractivity contribution is -0.147. The summed E-state index contributed by atoms with van der Waals surface area (Å²) >= 11 is 0. The highest BCUT2D eigenvalue weighted by atomic mass is 16.5. The smallest absolute Gasteiger partial charge is 0.326 e. The lowest BCUT2D eigenvalue weighted by atomic mass is 10.1. The molecule has 7 nitrogen and oxygen atoms in total. The Morgan fingerprint density at radius 2 is 1.81 bits per heavy atom. The van der Waals surface area contributed by atoms with Gasteiger partial charge in [-0.15, -0.1) is 0 Å². The molecule has 0 saturated carbocycles. The Balaban J connectivity index is 1.69. The molecule has 138 valence electrons. The summed E-state index contributed by atoms with van der Waals surface area (Å²) < 4.78 is 11.4. The van der Waals surface area contributed by atoms with Gasteiger partial charge in [-0.05, 0) is 43.3 Å². The molecule has 0 fully saturated rings. The fraction of sp³-hybridized carbons (Fsp3) is 0.200. The minimum Gasteiger partial charge on any atom is -0.497 e. The number of nitrogens with zero attached hydrogens (tertiary/aromatic N) is 2. The van der Waals surface area contributed by atoms with Gasteiger partial charge in [-0.2, -0.15) is 0 Å². The van der Waals surface area contributed by atoms with E-state index >= 15 is 0 Å². The van der Waals surface area contributed by atoms with Crippen molar-refractivity contribution in [1.29, 1.82) is 0 Å². The molecule has 3 aromatic rings. The summed E-state index contributed by atoms with van der Waals surface area (Å²) in [5.41, 5.74) is 0.613. The fourth-order valence-electron chi connectivity index (χ4n) is 2.64. The van der Waals surface area contributed by atoms with Crippen LogP contribution in [0.15, 0.2) is 59.7 Å². The topological polar surface area (TPSA) is 87.5 Å². The fourth-order valence-corrected chi connectivity index (χ4v) is 2.64. The number of fused-ring (bicyclic) bond motifs is 1. The monoisotopic (exact) mass is 366 g/mol. The Labute approximate surface area is 155 Å². The van der Waals surface area contributed by atoms with Crippen molar-refractivity contribution in [2.75, 3.05) is 7.11 Å². The molecule has 1 aromatic heterocycles. The van der Waals surface area contributed by atoms with E-state index in [1.54, 1.807) is 48.5 Å². The van der Waals surface area contributed by atoms with Gasteiger partial charge in [0.05, 0.1) is 24.3 Å². The van der Waals surface area contributed by atoms with Crippen LogP contribution in [-0.4, -0.2) is 34.5 Å². The predicted molar refractivity (Wildman–Crippen MR) is 98.9 cm³/mol. The Kier molecular flexibility index (Phi) is 5.30. The lowest BCUT2D eigenvalue weighted by Crippen LogP contribution is -2.30. The SMILES string of the molecule is COc1ccc(C(=O)[C@H](C)OC(=O)Cn2cnc3ccccc3c2=O)cc1. The van der Waals surface area contributed by atoms with Gasteiger partial charge in [-0.25, -0.2) is 4.98 Å². The Bertz CT molecular complexity index is 1040. The van der Waals surface area contributed by atoms with Crippen LogP contribution < -0.4 is 10.3 Å². The Morgan fingerprint density at radius 3 is 2.52 bits per heavy atom.